The summed E-state index contributed by atoms with van der Waals surface area (Å²) in [5, 5.41) is 3.40. The second-order valence-corrected chi connectivity index (χ2v) is 4.69. The maximum atomic E-state index is 3.40. The van der Waals surface area contributed by atoms with Gasteiger partial charge in [-0.25, -0.2) is 0 Å². The number of aryl methyl sites for hydroxylation is 1. The molecule has 1 N–H and O–H groups in total. The van der Waals surface area contributed by atoms with Crippen LogP contribution in [-0.2, 0) is 0 Å². The van der Waals surface area contributed by atoms with Crippen LogP contribution in [0, 0.1) is 10.5 Å². The van der Waals surface area contributed by atoms with Crippen LogP contribution in [0.2, 0.25) is 0 Å². The van der Waals surface area contributed by atoms with E-state index >= 15 is 0 Å². The lowest BCUT2D eigenvalue weighted by Gasteiger charge is -2.08. The minimum Gasteiger partial charge on any atom is -0.355 e. The van der Waals surface area contributed by atoms with Crippen LogP contribution < -0.4 is 5.32 Å². The van der Waals surface area contributed by atoms with E-state index in [0.717, 1.165) is 5.69 Å². The first-order valence-electron chi connectivity index (χ1n) is 4.84. The molecule has 1 nitrogen and oxygen atoms in total. The van der Waals surface area contributed by atoms with Gasteiger partial charge in [-0.1, -0.05) is 18.2 Å². The summed E-state index contributed by atoms with van der Waals surface area (Å²) >= 11 is 2.31. The number of anilines is 2. The van der Waals surface area contributed by atoms with Gasteiger partial charge < -0.3 is 5.32 Å². The van der Waals surface area contributed by atoms with Crippen LogP contribution in [0.5, 0.6) is 0 Å². The molecule has 0 radical (unpaired) electrons. The van der Waals surface area contributed by atoms with Gasteiger partial charge in [-0.2, -0.15) is 0 Å². The molecule has 0 heterocycles. The molecule has 0 fully saturated rings. The van der Waals surface area contributed by atoms with Gasteiger partial charge in [-0.3, -0.25) is 0 Å². The summed E-state index contributed by atoms with van der Waals surface area (Å²) in [5.74, 6) is 0. The molecule has 2 heteroatoms. The van der Waals surface area contributed by atoms with Crippen LogP contribution in [0.3, 0.4) is 0 Å². The molecular formula is C13H12IN. The van der Waals surface area contributed by atoms with Crippen LogP contribution >= 0.6 is 22.6 Å². The van der Waals surface area contributed by atoms with Crippen LogP contribution in [0.15, 0.2) is 48.5 Å². The topological polar surface area (TPSA) is 12.0 Å². The lowest BCUT2D eigenvalue weighted by Crippen LogP contribution is -1.92. The quantitative estimate of drug-likeness (QED) is 0.814. The van der Waals surface area contributed by atoms with E-state index in [2.05, 4.69) is 77.3 Å². The van der Waals surface area contributed by atoms with Crippen molar-refractivity contribution in [3.05, 3.63) is 57.7 Å². The molecule has 0 unspecified atom stereocenters. The van der Waals surface area contributed by atoms with Crippen molar-refractivity contribution in [1.82, 2.24) is 0 Å². The SMILES string of the molecule is Cc1ccccc1Nc1ccc(I)cc1. The maximum absolute atomic E-state index is 3.40. The molecule has 2 aromatic carbocycles. The predicted octanol–water partition coefficient (Wildman–Crippen LogP) is 4.34. The summed E-state index contributed by atoms with van der Waals surface area (Å²) in [4.78, 5) is 0. The number of hydrogen-bond donors (Lipinski definition) is 1. The number of hydrogen-bond acceptors (Lipinski definition) is 1. The molecule has 0 saturated carbocycles. The van der Waals surface area contributed by atoms with Crippen molar-refractivity contribution in [3.63, 3.8) is 0 Å². The standard InChI is InChI=1S/C13H12IN/c1-10-4-2-3-5-13(10)15-12-8-6-11(14)7-9-12/h2-9,15H,1H3. The molecular weight excluding hydrogens is 297 g/mol. The Morgan fingerprint density at radius 2 is 1.60 bits per heavy atom. The van der Waals surface area contributed by atoms with Gasteiger partial charge in [0.25, 0.3) is 0 Å². The first kappa shape index (κ1) is 10.5. The van der Waals surface area contributed by atoms with Crippen molar-refractivity contribution < 1.29 is 0 Å². The average Bonchev–Trinajstić information content (AvgIpc) is 2.25. The first-order chi connectivity index (χ1) is 7.25. The normalized spacial score (nSPS) is 10.0. The Morgan fingerprint density at radius 1 is 0.933 bits per heavy atom. The number of halogens is 1. The van der Waals surface area contributed by atoms with Gasteiger partial charge in [0, 0.05) is 14.9 Å². The number of para-hydroxylation sites is 1. The summed E-state index contributed by atoms with van der Waals surface area (Å²) in [6.45, 7) is 2.11. The predicted molar refractivity (Wildman–Crippen MR) is 73.6 cm³/mol. The third kappa shape index (κ3) is 2.72. The summed E-state index contributed by atoms with van der Waals surface area (Å²) in [7, 11) is 0. The van der Waals surface area contributed by atoms with Crippen molar-refractivity contribution in [3.8, 4) is 0 Å². The number of rotatable bonds is 2. The van der Waals surface area contributed by atoms with Crippen molar-refractivity contribution >= 4 is 34.0 Å². The minimum absolute atomic E-state index is 1.13. The molecule has 0 bridgehead atoms. The lowest BCUT2D eigenvalue weighted by atomic mass is 10.2. The van der Waals surface area contributed by atoms with Crippen LogP contribution in [0.25, 0.3) is 0 Å². The zero-order valence-corrected chi connectivity index (χ0v) is 10.7. The zero-order chi connectivity index (χ0) is 10.7. The smallest absolute Gasteiger partial charge is 0.0413 e. The second kappa shape index (κ2) is 4.66. The molecule has 0 atom stereocenters. The second-order valence-electron chi connectivity index (χ2n) is 3.45. The van der Waals surface area contributed by atoms with E-state index in [9.17, 15) is 0 Å². The Hall–Kier alpha value is -1.03. The molecule has 2 rings (SSSR count). The van der Waals surface area contributed by atoms with E-state index < -0.39 is 0 Å². The Bertz CT molecular complexity index is 448. The average molecular weight is 309 g/mol. The van der Waals surface area contributed by atoms with E-state index in [1.807, 2.05) is 6.07 Å². The highest BCUT2D eigenvalue weighted by atomic mass is 127. The molecule has 0 aliphatic heterocycles. The van der Waals surface area contributed by atoms with Crippen LogP contribution in [0.4, 0.5) is 11.4 Å². The molecule has 0 aliphatic rings. The third-order valence-electron chi connectivity index (χ3n) is 2.27. The van der Waals surface area contributed by atoms with Crippen molar-refractivity contribution in [2.24, 2.45) is 0 Å². The van der Waals surface area contributed by atoms with E-state index in [1.54, 1.807) is 0 Å². The summed E-state index contributed by atoms with van der Waals surface area (Å²) in [5.41, 5.74) is 3.56. The van der Waals surface area contributed by atoms with E-state index in [1.165, 1.54) is 14.8 Å². The van der Waals surface area contributed by atoms with Gasteiger partial charge in [0.1, 0.15) is 0 Å². The van der Waals surface area contributed by atoms with Gasteiger partial charge in [-0.05, 0) is 65.4 Å². The van der Waals surface area contributed by atoms with Crippen LogP contribution in [0.1, 0.15) is 5.56 Å². The molecule has 0 aromatic heterocycles. The highest BCUT2D eigenvalue weighted by Gasteiger charge is 1.96. The summed E-state index contributed by atoms with van der Waals surface area (Å²) in [6, 6.07) is 16.7. The third-order valence-corrected chi connectivity index (χ3v) is 2.99. The van der Waals surface area contributed by atoms with Gasteiger partial charge >= 0.3 is 0 Å². The lowest BCUT2D eigenvalue weighted by molar-refractivity contribution is 1.43. The van der Waals surface area contributed by atoms with E-state index in [4.69, 9.17) is 0 Å². The monoisotopic (exact) mass is 309 g/mol. The summed E-state index contributed by atoms with van der Waals surface area (Å²) in [6.07, 6.45) is 0. The van der Waals surface area contributed by atoms with E-state index in [-0.39, 0.29) is 0 Å². The maximum Gasteiger partial charge on any atom is 0.0413 e. The fourth-order valence-corrected chi connectivity index (χ4v) is 1.76. The Morgan fingerprint density at radius 3 is 2.27 bits per heavy atom. The molecule has 2 aromatic rings. The van der Waals surface area contributed by atoms with Gasteiger partial charge in [0.2, 0.25) is 0 Å². The first-order valence-corrected chi connectivity index (χ1v) is 5.92. The zero-order valence-electron chi connectivity index (χ0n) is 8.50. The number of benzene rings is 2. The molecule has 0 aliphatic carbocycles. The fourth-order valence-electron chi connectivity index (χ4n) is 1.40. The molecule has 0 amide bonds. The molecule has 76 valence electrons. The number of nitrogens with one attached hydrogen (secondary N) is 1. The van der Waals surface area contributed by atoms with Gasteiger partial charge in [0.05, 0.1) is 0 Å². The fraction of sp³-hybridized carbons (Fsp3) is 0.0769. The molecule has 0 spiro atoms. The van der Waals surface area contributed by atoms with Crippen molar-refractivity contribution in [2.75, 3.05) is 5.32 Å². The van der Waals surface area contributed by atoms with Gasteiger partial charge in [0.15, 0.2) is 0 Å². The Labute approximate surface area is 104 Å². The molecule has 15 heavy (non-hydrogen) atoms. The van der Waals surface area contributed by atoms with Crippen molar-refractivity contribution in [1.29, 1.82) is 0 Å². The van der Waals surface area contributed by atoms with E-state index in [0.29, 0.717) is 0 Å². The Kier molecular flexibility index (Phi) is 3.26. The molecule has 0 saturated heterocycles. The highest BCUT2D eigenvalue weighted by Crippen LogP contribution is 2.20. The van der Waals surface area contributed by atoms with Crippen molar-refractivity contribution in [2.45, 2.75) is 6.92 Å². The largest absolute Gasteiger partial charge is 0.355 e. The minimum atomic E-state index is 1.13. The van der Waals surface area contributed by atoms with Gasteiger partial charge in [-0.15, -0.1) is 0 Å². The highest BCUT2D eigenvalue weighted by molar-refractivity contribution is 14.1. The van der Waals surface area contributed by atoms with Crippen LogP contribution in [-0.4, -0.2) is 0 Å². The Balaban J connectivity index is 2.22. The summed E-state index contributed by atoms with van der Waals surface area (Å²) < 4.78 is 1.25.